The largest absolute Gasteiger partial charge is 0.368 e. The minimum Gasteiger partial charge on any atom is -0.368 e. The molecule has 2 aromatic carbocycles. The highest BCUT2D eigenvalue weighted by atomic mass is 19.1. The number of anilines is 2. The van der Waals surface area contributed by atoms with E-state index in [0.717, 1.165) is 56.0 Å². The van der Waals surface area contributed by atoms with Crippen molar-refractivity contribution in [2.75, 3.05) is 36.4 Å². The van der Waals surface area contributed by atoms with E-state index in [1.165, 1.54) is 12.1 Å². The Morgan fingerprint density at radius 2 is 1.62 bits per heavy atom. The van der Waals surface area contributed by atoms with Crippen LogP contribution in [0.1, 0.15) is 31.7 Å². The van der Waals surface area contributed by atoms with Crippen molar-refractivity contribution in [3.63, 3.8) is 0 Å². The summed E-state index contributed by atoms with van der Waals surface area (Å²) >= 11 is 0. The summed E-state index contributed by atoms with van der Waals surface area (Å²) in [7, 11) is 0. The van der Waals surface area contributed by atoms with Crippen LogP contribution in [-0.4, -0.2) is 42.9 Å². The average Bonchev–Trinajstić information content (AvgIpc) is 2.74. The molecule has 0 unspecified atom stereocenters. The molecule has 1 aliphatic rings. The van der Waals surface area contributed by atoms with Gasteiger partial charge in [0.25, 0.3) is 0 Å². The summed E-state index contributed by atoms with van der Waals surface area (Å²) in [4.78, 5) is 28.5. The SMILES string of the molecule is CCCCC(=O)N1CCN(c2ccc(NC(=O)Cc3ccc(F)cc3)cc2)CC1. The maximum atomic E-state index is 12.9. The maximum Gasteiger partial charge on any atom is 0.228 e. The Morgan fingerprint density at radius 3 is 2.24 bits per heavy atom. The summed E-state index contributed by atoms with van der Waals surface area (Å²) in [6.45, 7) is 5.22. The van der Waals surface area contributed by atoms with Crippen molar-refractivity contribution < 1.29 is 14.0 Å². The lowest BCUT2D eigenvalue weighted by atomic mass is 10.1. The Labute approximate surface area is 171 Å². The molecule has 29 heavy (non-hydrogen) atoms. The van der Waals surface area contributed by atoms with Gasteiger partial charge in [0.1, 0.15) is 5.82 Å². The molecule has 3 rings (SSSR count). The minimum atomic E-state index is -0.309. The highest BCUT2D eigenvalue weighted by Crippen LogP contribution is 2.20. The number of carbonyl (C=O) groups excluding carboxylic acids is 2. The quantitative estimate of drug-likeness (QED) is 0.772. The number of nitrogens with one attached hydrogen (secondary N) is 1. The molecule has 0 aromatic heterocycles. The van der Waals surface area contributed by atoms with Crippen LogP contribution in [0.3, 0.4) is 0 Å². The van der Waals surface area contributed by atoms with E-state index in [2.05, 4.69) is 17.1 Å². The number of nitrogens with zero attached hydrogens (tertiary/aromatic N) is 2. The van der Waals surface area contributed by atoms with Crippen molar-refractivity contribution in [1.29, 1.82) is 0 Å². The van der Waals surface area contributed by atoms with Gasteiger partial charge in [0.15, 0.2) is 0 Å². The molecule has 0 aliphatic carbocycles. The Hall–Kier alpha value is -2.89. The van der Waals surface area contributed by atoms with Gasteiger partial charge in [0.2, 0.25) is 11.8 Å². The van der Waals surface area contributed by atoms with Crippen LogP contribution in [0.25, 0.3) is 0 Å². The van der Waals surface area contributed by atoms with Crippen LogP contribution in [0, 0.1) is 5.82 Å². The molecule has 0 atom stereocenters. The highest BCUT2D eigenvalue weighted by molar-refractivity contribution is 5.92. The van der Waals surface area contributed by atoms with Crippen LogP contribution >= 0.6 is 0 Å². The van der Waals surface area contributed by atoms with Gasteiger partial charge in [0, 0.05) is 44.0 Å². The van der Waals surface area contributed by atoms with Crippen LogP contribution < -0.4 is 10.2 Å². The number of hydrogen-bond donors (Lipinski definition) is 1. The van der Waals surface area contributed by atoms with Crippen molar-refractivity contribution in [3.8, 4) is 0 Å². The normalized spacial score (nSPS) is 14.0. The smallest absolute Gasteiger partial charge is 0.228 e. The van der Waals surface area contributed by atoms with Gasteiger partial charge in [-0.3, -0.25) is 9.59 Å². The second-order valence-electron chi connectivity index (χ2n) is 7.37. The Balaban J connectivity index is 1.48. The molecule has 0 spiro atoms. The zero-order valence-electron chi connectivity index (χ0n) is 16.9. The van der Waals surface area contributed by atoms with Gasteiger partial charge in [-0.2, -0.15) is 0 Å². The number of unbranched alkanes of at least 4 members (excludes halogenated alkanes) is 1. The van der Waals surface area contributed by atoms with E-state index in [1.54, 1.807) is 12.1 Å². The van der Waals surface area contributed by atoms with Gasteiger partial charge in [-0.1, -0.05) is 25.5 Å². The zero-order valence-corrected chi connectivity index (χ0v) is 16.9. The first-order chi connectivity index (χ1) is 14.0. The van der Waals surface area contributed by atoms with E-state index in [4.69, 9.17) is 0 Å². The fraction of sp³-hybridized carbons (Fsp3) is 0.391. The lowest BCUT2D eigenvalue weighted by Gasteiger charge is -2.36. The van der Waals surface area contributed by atoms with Gasteiger partial charge in [-0.25, -0.2) is 4.39 Å². The topological polar surface area (TPSA) is 52.7 Å². The number of carbonyl (C=O) groups is 2. The second-order valence-corrected chi connectivity index (χ2v) is 7.37. The Bertz CT molecular complexity index is 813. The molecule has 1 aliphatic heterocycles. The number of piperazine rings is 1. The predicted octanol–water partition coefficient (Wildman–Crippen LogP) is 3.85. The number of benzene rings is 2. The van der Waals surface area contributed by atoms with Crippen molar-refractivity contribution >= 4 is 23.2 Å². The first-order valence-electron chi connectivity index (χ1n) is 10.2. The number of rotatable bonds is 7. The first kappa shape index (κ1) is 20.8. The molecule has 2 amide bonds. The molecular weight excluding hydrogens is 369 g/mol. The average molecular weight is 397 g/mol. The van der Waals surface area contributed by atoms with Gasteiger partial charge in [-0.15, -0.1) is 0 Å². The standard InChI is InChI=1S/C23H28FN3O2/c1-2-3-4-23(29)27-15-13-26(14-16-27)21-11-9-20(10-12-21)25-22(28)17-18-5-7-19(24)8-6-18/h5-12H,2-4,13-17H2,1H3,(H,25,28). The fourth-order valence-electron chi connectivity index (χ4n) is 3.45. The molecule has 1 saturated heterocycles. The molecule has 6 heteroatoms. The van der Waals surface area contributed by atoms with Gasteiger partial charge in [0.05, 0.1) is 6.42 Å². The van der Waals surface area contributed by atoms with Crippen molar-refractivity contribution in [1.82, 2.24) is 4.90 Å². The van der Waals surface area contributed by atoms with Crippen LogP contribution in [0.4, 0.5) is 15.8 Å². The van der Waals surface area contributed by atoms with E-state index in [0.29, 0.717) is 6.42 Å². The zero-order chi connectivity index (χ0) is 20.6. The van der Waals surface area contributed by atoms with E-state index < -0.39 is 0 Å². The van der Waals surface area contributed by atoms with E-state index in [1.807, 2.05) is 29.2 Å². The molecule has 2 aromatic rings. The molecule has 0 radical (unpaired) electrons. The monoisotopic (exact) mass is 397 g/mol. The van der Waals surface area contributed by atoms with Gasteiger partial charge < -0.3 is 15.1 Å². The van der Waals surface area contributed by atoms with Crippen LogP contribution in [0.15, 0.2) is 48.5 Å². The molecule has 0 saturated carbocycles. The highest BCUT2D eigenvalue weighted by Gasteiger charge is 2.20. The number of hydrogen-bond acceptors (Lipinski definition) is 3. The molecule has 1 heterocycles. The Kier molecular flexibility index (Phi) is 7.22. The lowest BCUT2D eigenvalue weighted by Crippen LogP contribution is -2.48. The van der Waals surface area contributed by atoms with Crippen molar-refractivity contribution in [2.24, 2.45) is 0 Å². The maximum absolute atomic E-state index is 12.9. The van der Waals surface area contributed by atoms with Crippen LogP contribution in [-0.2, 0) is 16.0 Å². The first-order valence-corrected chi connectivity index (χ1v) is 10.2. The minimum absolute atomic E-state index is 0.136. The molecular formula is C23H28FN3O2. The third-order valence-corrected chi connectivity index (χ3v) is 5.17. The fourth-order valence-corrected chi connectivity index (χ4v) is 3.45. The van der Waals surface area contributed by atoms with E-state index >= 15 is 0 Å². The molecule has 1 N–H and O–H groups in total. The predicted molar refractivity (Wildman–Crippen MR) is 113 cm³/mol. The van der Waals surface area contributed by atoms with Gasteiger partial charge in [-0.05, 0) is 48.4 Å². The van der Waals surface area contributed by atoms with Crippen molar-refractivity contribution in [2.45, 2.75) is 32.6 Å². The molecule has 154 valence electrons. The van der Waals surface area contributed by atoms with Gasteiger partial charge >= 0.3 is 0 Å². The third kappa shape index (κ3) is 6.04. The lowest BCUT2D eigenvalue weighted by molar-refractivity contribution is -0.131. The second kappa shape index (κ2) is 10.0. The Morgan fingerprint density at radius 1 is 0.966 bits per heavy atom. The van der Waals surface area contributed by atoms with Crippen molar-refractivity contribution in [3.05, 3.63) is 59.9 Å². The summed E-state index contributed by atoms with van der Waals surface area (Å²) in [6, 6.07) is 13.7. The summed E-state index contributed by atoms with van der Waals surface area (Å²) in [6.07, 6.45) is 2.84. The third-order valence-electron chi connectivity index (χ3n) is 5.17. The molecule has 1 fully saturated rings. The summed E-state index contributed by atoms with van der Waals surface area (Å²) < 4.78 is 12.9. The molecule has 5 nitrogen and oxygen atoms in total. The molecule has 0 bridgehead atoms. The number of halogens is 1. The summed E-state index contributed by atoms with van der Waals surface area (Å²) in [5, 5.41) is 2.87. The van der Waals surface area contributed by atoms with Crippen LogP contribution in [0.5, 0.6) is 0 Å². The van der Waals surface area contributed by atoms with E-state index in [9.17, 15) is 14.0 Å². The van der Waals surface area contributed by atoms with E-state index in [-0.39, 0.29) is 24.1 Å². The number of amides is 2. The van der Waals surface area contributed by atoms with Crippen LogP contribution in [0.2, 0.25) is 0 Å². The summed E-state index contributed by atoms with van der Waals surface area (Å²) in [5.74, 6) is -0.190. The summed E-state index contributed by atoms with van der Waals surface area (Å²) in [5.41, 5.74) is 2.59.